The second-order valence-corrected chi connectivity index (χ2v) is 5.95. The fourth-order valence-corrected chi connectivity index (χ4v) is 2.66. The molecule has 2 N–H and O–H groups in total. The number of ether oxygens (including phenoxy) is 3. The molecule has 0 radical (unpaired) electrons. The van der Waals surface area contributed by atoms with Crippen LogP contribution in [0.4, 0.5) is 8.78 Å². The number of nitrogens with one attached hydrogen (secondary N) is 2. The molecule has 1 atom stereocenters. The molecule has 0 unspecified atom stereocenters. The van der Waals surface area contributed by atoms with Gasteiger partial charge in [0.25, 0.3) is 5.91 Å². The molecule has 2 amide bonds. The SMILES string of the molecule is COc1ccc(OC)c([C@H](C)NC(=O)CNC(=O)c2ccccc2OC(F)F)c1. The summed E-state index contributed by atoms with van der Waals surface area (Å²) in [6.07, 6.45) is 0. The van der Waals surface area contributed by atoms with Gasteiger partial charge in [0, 0.05) is 5.56 Å². The van der Waals surface area contributed by atoms with Gasteiger partial charge in [-0.05, 0) is 37.3 Å². The van der Waals surface area contributed by atoms with E-state index in [2.05, 4.69) is 15.4 Å². The molecule has 2 rings (SSSR count). The third-order valence-corrected chi connectivity index (χ3v) is 4.04. The average Bonchev–Trinajstić information content (AvgIpc) is 2.71. The highest BCUT2D eigenvalue weighted by molar-refractivity contribution is 5.98. The van der Waals surface area contributed by atoms with Crippen LogP contribution in [0.2, 0.25) is 0 Å². The summed E-state index contributed by atoms with van der Waals surface area (Å²) in [5.74, 6) is -0.271. The van der Waals surface area contributed by atoms with E-state index in [0.29, 0.717) is 17.1 Å². The molecule has 9 heteroatoms. The number of methoxy groups -OCH3 is 2. The lowest BCUT2D eigenvalue weighted by molar-refractivity contribution is -0.120. The van der Waals surface area contributed by atoms with Crippen LogP contribution in [0.25, 0.3) is 0 Å². The predicted octanol–water partition coefficient (Wildman–Crippen LogP) is 2.91. The third-order valence-electron chi connectivity index (χ3n) is 4.04. The van der Waals surface area contributed by atoms with E-state index in [-0.39, 0.29) is 17.9 Å². The summed E-state index contributed by atoms with van der Waals surface area (Å²) in [5.41, 5.74) is 0.602. The first-order valence-electron chi connectivity index (χ1n) is 8.69. The summed E-state index contributed by atoms with van der Waals surface area (Å²) in [5, 5.41) is 5.12. The van der Waals surface area contributed by atoms with E-state index >= 15 is 0 Å². The van der Waals surface area contributed by atoms with Gasteiger partial charge in [-0.25, -0.2) is 0 Å². The van der Waals surface area contributed by atoms with Crippen molar-refractivity contribution in [1.29, 1.82) is 0 Å². The zero-order chi connectivity index (χ0) is 21.4. The Labute approximate surface area is 167 Å². The van der Waals surface area contributed by atoms with Gasteiger partial charge in [0.15, 0.2) is 0 Å². The number of alkyl halides is 2. The summed E-state index contributed by atoms with van der Waals surface area (Å²) in [4.78, 5) is 24.5. The number of benzene rings is 2. The summed E-state index contributed by atoms with van der Waals surface area (Å²) in [6, 6.07) is 10.3. The van der Waals surface area contributed by atoms with E-state index in [1.807, 2.05) is 0 Å². The van der Waals surface area contributed by atoms with E-state index in [1.54, 1.807) is 25.1 Å². The molecular weight excluding hydrogens is 386 g/mol. The van der Waals surface area contributed by atoms with Crippen LogP contribution < -0.4 is 24.8 Å². The average molecular weight is 408 g/mol. The third kappa shape index (κ3) is 6.06. The number of carbonyl (C=O) groups excluding carboxylic acids is 2. The predicted molar refractivity (Wildman–Crippen MR) is 102 cm³/mol. The molecule has 0 aromatic heterocycles. The van der Waals surface area contributed by atoms with Crippen LogP contribution in [0.5, 0.6) is 17.2 Å². The van der Waals surface area contributed by atoms with Gasteiger partial charge in [0.2, 0.25) is 5.91 Å². The van der Waals surface area contributed by atoms with Crippen LogP contribution in [0.15, 0.2) is 42.5 Å². The van der Waals surface area contributed by atoms with Gasteiger partial charge in [-0.2, -0.15) is 8.78 Å². The van der Waals surface area contributed by atoms with E-state index in [1.165, 1.54) is 38.5 Å². The van der Waals surface area contributed by atoms with Crippen molar-refractivity contribution in [2.24, 2.45) is 0 Å². The van der Waals surface area contributed by atoms with E-state index in [4.69, 9.17) is 9.47 Å². The monoisotopic (exact) mass is 408 g/mol. The van der Waals surface area contributed by atoms with E-state index in [9.17, 15) is 18.4 Å². The lowest BCUT2D eigenvalue weighted by atomic mass is 10.1. The molecule has 2 aromatic rings. The smallest absolute Gasteiger partial charge is 0.387 e. The first-order chi connectivity index (χ1) is 13.8. The van der Waals surface area contributed by atoms with Crippen LogP contribution in [0.1, 0.15) is 28.9 Å². The maximum absolute atomic E-state index is 12.5. The van der Waals surface area contributed by atoms with Gasteiger partial charge >= 0.3 is 6.61 Å². The Hall–Kier alpha value is -3.36. The molecule has 0 fully saturated rings. The van der Waals surface area contributed by atoms with Crippen LogP contribution in [0, 0.1) is 0 Å². The second-order valence-electron chi connectivity index (χ2n) is 5.95. The molecular formula is C20H22F2N2O5. The standard InChI is InChI=1S/C20H22F2N2O5/c1-12(15-10-13(27-2)8-9-16(15)28-3)24-18(25)11-23-19(26)14-6-4-5-7-17(14)29-20(21)22/h4-10,12,20H,11H2,1-3H3,(H,23,26)(H,24,25)/t12-/m0/s1. The lowest BCUT2D eigenvalue weighted by Crippen LogP contribution is -2.38. The molecule has 0 aliphatic heterocycles. The summed E-state index contributed by atoms with van der Waals surface area (Å²) in [6.45, 7) is -1.66. The Morgan fingerprint density at radius 2 is 1.76 bits per heavy atom. The molecule has 2 aromatic carbocycles. The summed E-state index contributed by atoms with van der Waals surface area (Å²) in [7, 11) is 3.04. The molecule has 0 saturated carbocycles. The van der Waals surface area contributed by atoms with Gasteiger partial charge in [0.05, 0.1) is 32.4 Å². The first kappa shape index (κ1) is 21.9. The molecule has 0 spiro atoms. The Kier molecular flexibility index (Phi) is 7.76. The van der Waals surface area contributed by atoms with Crippen molar-refractivity contribution < 1.29 is 32.6 Å². The highest BCUT2D eigenvalue weighted by Gasteiger charge is 2.18. The molecule has 156 valence electrons. The van der Waals surface area contributed by atoms with Crippen molar-refractivity contribution in [3.05, 3.63) is 53.6 Å². The van der Waals surface area contributed by atoms with Crippen LogP contribution in [0.3, 0.4) is 0 Å². The van der Waals surface area contributed by atoms with E-state index in [0.717, 1.165) is 0 Å². The number of amides is 2. The highest BCUT2D eigenvalue weighted by Crippen LogP contribution is 2.29. The van der Waals surface area contributed by atoms with Crippen molar-refractivity contribution >= 4 is 11.8 Å². The number of para-hydroxylation sites is 1. The van der Waals surface area contributed by atoms with Crippen molar-refractivity contribution in [2.45, 2.75) is 19.6 Å². The van der Waals surface area contributed by atoms with Crippen LogP contribution >= 0.6 is 0 Å². The fraction of sp³-hybridized carbons (Fsp3) is 0.300. The minimum atomic E-state index is -3.06. The Morgan fingerprint density at radius 1 is 1.03 bits per heavy atom. The summed E-state index contributed by atoms with van der Waals surface area (Å²) >= 11 is 0. The largest absolute Gasteiger partial charge is 0.497 e. The van der Waals surface area contributed by atoms with Gasteiger partial charge in [-0.15, -0.1) is 0 Å². The number of hydrogen-bond donors (Lipinski definition) is 2. The first-order valence-corrected chi connectivity index (χ1v) is 8.69. The van der Waals surface area contributed by atoms with Crippen molar-refractivity contribution in [2.75, 3.05) is 20.8 Å². The Bertz CT molecular complexity index is 861. The van der Waals surface area contributed by atoms with Crippen molar-refractivity contribution in [1.82, 2.24) is 10.6 Å². The Morgan fingerprint density at radius 3 is 2.41 bits per heavy atom. The maximum atomic E-state index is 12.5. The number of hydrogen-bond acceptors (Lipinski definition) is 5. The zero-order valence-corrected chi connectivity index (χ0v) is 16.2. The van der Waals surface area contributed by atoms with Gasteiger partial charge in [0.1, 0.15) is 17.2 Å². The minimum Gasteiger partial charge on any atom is -0.497 e. The molecule has 0 saturated heterocycles. The fourth-order valence-electron chi connectivity index (χ4n) is 2.66. The molecule has 0 bridgehead atoms. The Balaban J connectivity index is 1.99. The number of rotatable bonds is 9. The molecule has 29 heavy (non-hydrogen) atoms. The number of carbonyl (C=O) groups is 2. The van der Waals surface area contributed by atoms with E-state index < -0.39 is 24.5 Å². The number of halogens is 2. The van der Waals surface area contributed by atoms with Crippen LogP contribution in [-0.2, 0) is 4.79 Å². The second kappa shape index (κ2) is 10.3. The molecule has 7 nitrogen and oxygen atoms in total. The zero-order valence-electron chi connectivity index (χ0n) is 16.2. The van der Waals surface area contributed by atoms with Gasteiger partial charge < -0.3 is 24.8 Å². The topological polar surface area (TPSA) is 85.9 Å². The molecule has 0 heterocycles. The lowest BCUT2D eigenvalue weighted by Gasteiger charge is -2.18. The van der Waals surface area contributed by atoms with Crippen LogP contribution in [-0.4, -0.2) is 39.2 Å². The van der Waals surface area contributed by atoms with Crippen molar-refractivity contribution in [3.63, 3.8) is 0 Å². The molecule has 0 aliphatic rings. The summed E-state index contributed by atoms with van der Waals surface area (Å²) < 4.78 is 39.7. The quantitative estimate of drug-likeness (QED) is 0.666. The maximum Gasteiger partial charge on any atom is 0.387 e. The van der Waals surface area contributed by atoms with Gasteiger partial charge in [-0.3, -0.25) is 9.59 Å². The van der Waals surface area contributed by atoms with Gasteiger partial charge in [-0.1, -0.05) is 12.1 Å². The van der Waals surface area contributed by atoms with Crippen molar-refractivity contribution in [3.8, 4) is 17.2 Å². The normalized spacial score (nSPS) is 11.5. The molecule has 0 aliphatic carbocycles. The highest BCUT2D eigenvalue weighted by atomic mass is 19.3. The minimum absolute atomic E-state index is 0.0943.